The van der Waals surface area contributed by atoms with Gasteiger partial charge in [-0.1, -0.05) is 6.08 Å². The minimum atomic E-state index is -0.156. The van der Waals surface area contributed by atoms with Gasteiger partial charge in [0.15, 0.2) is 0 Å². The Labute approximate surface area is 117 Å². The molecule has 5 heteroatoms. The van der Waals surface area contributed by atoms with Gasteiger partial charge >= 0.3 is 0 Å². The van der Waals surface area contributed by atoms with Crippen molar-refractivity contribution in [2.24, 2.45) is 0 Å². The lowest BCUT2D eigenvalue weighted by molar-refractivity contribution is 0.0950. The summed E-state index contributed by atoms with van der Waals surface area (Å²) in [6.45, 7) is 4.72. The summed E-state index contributed by atoms with van der Waals surface area (Å²) >= 11 is 0. The number of carbonyl (C=O) groups excluding carboxylic acids is 1. The van der Waals surface area contributed by atoms with E-state index in [2.05, 4.69) is 27.2 Å². The van der Waals surface area contributed by atoms with E-state index in [1.165, 1.54) is 0 Å². The third kappa shape index (κ3) is 3.91. The number of hydrogen-bond donors (Lipinski definition) is 2. The van der Waals surface area contributed by atoms with E-state index < -0.39 is 0 Å². The molecule has 0 spiro atoms. The number of amides is 1. The molecule has 2 N–H and O–H groups in total. The first-order valence-electron chi connectivity index (χ1n) is 6.26. The van der Waals surface area contributed by atoms with Crippen molar-refractivity contribution >= 4 is 11.6 Å². The first-order chi connectivity index (χ1) is 9.79. The van der Waals surface area contributed by atoms with Crippen LogP contribution in [0.1, 0.15) is 15.9 Å². The molecule has 0 aromatic carbocycles. The van der Waals surface area contributed by atoms with E-state index >= 15 is 0 Å². The van der Waals surface area contributed by atoms with Gasteiger partial charge in [0.05, 0.1) is 11.3 Å². The van der Waals surface area contributed by atoms with Crippen LogP contribution in [-0.2, 0) is 6.54 Å². The number of pyridine rings is 2. The predicted molar refractivity (Wildman–Crippen MR) is 78.3 cm³/mol. The van der Waals surface area contributed by atoms with E-state index in [0.29, 0.717) is 18.7 Å². The van der Waals surface area contributed by atoms with Gasteiger partial charge in [0.1, 0.15) is 0 Å². The molecule has 0 aliphatic rings. The topological polar surface area (TPSA) is 66.9 Å². The highest BCUT2D eigenvalue weighted by Gasteiger charge is 2.06. The Morgan fingerprint density at radius 2 is 2.05 bits per heavy atom. The predicted octanol–water partition coefficient (Wildman–Crippen LogP) is 2.00. The maximum atomic E-state index is 12.0. The van der Waals surface area contributed by atoms with Crippen LogP contribution in [0, 0.1) is 0 Å². The number of nitrogens with one attached hydrogen (secondary N) is 2. The van der Waals surface area contributed by atoms with Gasteiger partial charge in [-0.15, -0.1) is 6.58 Å². The van der Waals surface area contributed by atoms with E-state index in [1.807, 2.05) is 12.1 Å². The van der Waals surface area contributed by atoms with Crippen molar-refractivity contribution in [1.82, 2.24) is 15.3 Å². The van der Waals surface area contributed by atoms with Crippen LogP contribution in [0.4, 0.5) is 5.69 Å². The Kier molecular flexibility index (Phi) is 4.83. The summed E-state index contributed by atoms with van der Waals surface area (Å²) in [5, 5.41) is 5.94. The fourth-order valence-electron chi connectivity index (χ4n) is 1.64. The zero-order chi connectivity index (χ0) is 14.2. The second kappa shape index (κ2) is 7.04. The first-order valence-corrected chi connectivity index (χ1v) is 6.26. The second-order valence-corrected chi connectivity index (χ2v) is 4.17. The molecule has 0 radical (unpaired) electrons. The van der Waals surface area contributed by atoms with E-state index in [4.69, 9.17) is 0 Å². The number of hydrogen-bond acceptors (Lipinski definition) is 4. The smallest absolute Gasteiger partial charge is 0.253 e. The van der Waals surface area contributed by atoms with E-state index in [1.54, 1.807) is 36.9 Å². The first kappa shape index (κ1) is 13.7. The normalized spacial score (nSPS) is 9.80. The van der Waals surface area contributed by atoms with Gasteiger partial charge < -0.3 is 10.6 Å². The van der Waals surface area contributed by atoms with Crippen LogP contribution in [0.5, 0.6) is 0 Å². The Morgan fingerprint density at radius 3 is 2.80 bits per heavy atom. The quantitative estimate of drug-likeness (QED) is 0.786. The molecule has 2 aromatic rings. The summed E-state index contributed by atoms with van der Waals surface area (Å²) in [5.41, 5.74) is 2.32. The molecule has 1 amide bonds. The van der Waals surface area contributed by atoms with Gasteiger partial charge in [0.25, 0.3) is 5.91 Å². The second-order valence-electron chi connectivity index (χ2n) is 4.17. The fourth-order valence-corrected chi connectivity index (χ4v) is 1.64. The summed E-state index contributed by atoms with van der Waals surface area (Å²) in [6, 6.07) is 5.49. The molecule has 102 valence electrons. The Balaban J connectivity index is 1.96. The number of nitrogens with zero attached hydrogens (tertiary/aromatic N) is 2. The minimum Gasteiger partial charge on any atom is -0.380 e. The number of aromatic nitrogens is 2. The van der Waals surface area contributed by atoms with Crippen LogP contribution in [0.2, 0.25) is 0 Å². The summed E-state index contributed by atoms with van der Waals surface area (Å²) < 4.78 is 0. The average molecular weight is 268 g/mol. The molecular weight excluding hydrogens is 252 g/mol. The lowest BCUT2D eigenvalue weighted by Crippen LogP contribution is -2.23. The third-order valence-corrected chi connectivity index (χ3v) is 2.65. The molecule has 0 aliphatic carbocycles. The van der Waals surface area contributed by atoms with E-state index in [-0.39, 0.29) is 5.91 Å². The fraction of sp³-hybridized carbons (Fsp3) is 0.133. The van der Waals surface area contributed by atoms with Crippen molar-refractivity contribution in [1.29, 1.82) is 0 Å². The lowest BCUT2D eigenvalue weighted by atomic mass is 10.2. The Hall–Kier alpha value is -2.69. The molecule has 0 atom stereocenters. The highest BCUT2D eigenvalue weighted by Crippen LogP contribution is 2.08. The molecule has 2 aromatic heterocycles. The number of rotatable bonds is 6. The molecule has 0 unspecified atom stereocenters. The van der Waals surface area contributed by atoms with E-state index in [9.17, 15) is 4.79 Å². The van der Waals surface area contributed by atoms with Crippen LogP contribution >= 0.6 is 0 Å². The average Bonchev–Trinajstić information content (AvgIpc) is 2.52. The van der Waals surface area contributed by atoms with Gasteiger partial charge in [0.2, 0.25) is 0 Å². The lowest BCUT2D eigenvalue weighted by Gasteiger charge is -2.07. The molecule has 0 fully saturated rings. The number of carbonyl (C=O) groups is 1. The van der Waals surface area contributed by atoms with Crippen LogP contribution in [0.25, 0.3) is 0 Å². The van der Waals surface area contributed by atoms with Crippen LogP contribution in [0.3, 0.4) is 0 Å². The van der Waals surface area contributed by atoms with E-state index in [0.717, 1.165) is 11.3 Å². The van der Waals surface area contributed by atoms with Gasteiger partial charge in [-0.05, 0) is 23.8 Å². The molecule has 2 rings (SSSR count). The largest absolute Gasteiger partial charge is 0.380 e. The molecule has 0 aliphatic heterocycles. The monoisotopic (exact) mass is 268 g/mol. The molecular formula is C15H16N4O. The highest BCUT2D eigenvalue weighted by molar-refractivity contribution is 5.94. The molecule has 0 saturated heterocycles. The summed E-state index contributed by atoms with van der Waals surface area (Å²) in [4.78, 5) is 20.0. The van der Waals surface area contributed by atoms with Crippen LogP contribution in [-0.4, -0.2) is 22.4 Å². The maximum absolute atomic E-state index is 12.0. The van der Waals surface area contributed by atoms with Crippen molar-refractivity contribution in [2.75, 3.05) is 11.9 Å². The molecule has 20 heavy (non-hydrogen) atoms. The summed E-state index contributed by atoms with van der Waals surface area (Å²) in [7, 11) is 0. The van der Waals surface area contributed by atoms with Gasteiger partial charge in [-0.2, -0.15) is 0 Å². The minimum absolute atomic E-state index is 0.156. The van der Waals surface area contributed by atoms with Crippen LogP contribution in [0.15, 0.2) is 55.6 Å². The Morgan fingerprint density at radius 1 is 1.25 bits per heavy atom. The Bertz CT molecular complexity index is 583. The SMILES string of the molecule is C=CCNc1cncc(C(=O)NCc2ccncc2)c1. The maximum Gasteiger partial charge on any atom is 0.253 e. The zero-order valence-electron chi connectivity index (χ0n) is 11.0. The van der Waals surface area contributed by atoms with Gasteiger partial charge in [0, 0.05) is 37.9 Å². The van der Waals surface area contributed by atoms with Crippen molar-refractivity contribution in [3.8, 4) is 0 Å². The highest BCUT2D eigenvalue weighted by atomic mass is 16.1. The summed E-state index contributed by atoms with van der Waals surface area (Å²) in [5.74, 6) is -0.156. The van der Waals surface area contributed by atoms with Gasteiger partial charge in [-0.25, -0.2) is 0 Å². The van der Waals surface area contributed by atoms with Crippen molar-refractivity contribution in [2.45, 2.75) is 6.54 Å². The molecule has 0 saturated carbocycles. The number of anilines is 1. The summed E-state index contributed by atoms with van der Waals surface area (Å²) in [6.07, 6.45) is 8.35. The van der Waals surface area contributed by atoms with Crippen molar-refractivity contribution in [3.05, 3.63) is 66.8 Å². The third-order valence-electron chi connectivity index (χ3n) is 2.65. The van der Waals surface area contributed by atoms with Crippen LogP contribution < -0.4 is 10.6 Å². The van der Waals surface area contributed by atoms with Crippen molar-refractivity contribution in [3.63, 3.8) is 0 Å². The molecule has 5 nitrogen and oxygen atoms in total. The van der Waals surface area contributed by atoms with Crippen molar-refractivity contribution < 1.29 is 4.79 Å². The molecule has 2 heterocycles. The standard InChI is InChI=1S/C15H16N4O/c1-2-5-18-14-8-13(10-17-11-14)15(20)19-9-12-3-6-16-7-4-12/h2-4,6-8,10-11,18H,1,5,9H2,(H,19,20). The molecule has 0 bridgehead atoms. The zero-order valence-corrected chi connectivity index (χ0v) is 11.0. The van der Waals surface area contributed by atoms with Gasteiger partial charge in [-0.3, -0.25) is 14.8 Å².